The highest BCUT2D eigenvalue weighted by atomic mass is 15.0. The molecule has 74 valence electrons. The van der Waals surface area contributed by atoms with Crippen molar-refractivity contribution in [1.29, 1.82) is 5.26 Å². The number of nitrogens with one attached hydrogen (secondary N) is 1. The summed E-state index contributed by atoms with van der Waals surface area (Å²) in [6.45, 7) is 4.11. The molecule has 0 heterocycles. The largest absolute Gasteiger partial charge is 0.370 e. The minimum Gasteiger partial charge on any atom is -0.370 e. The average Bonchev–Trinajstić information content (AvgIpc) is 2.19. The molecule has 0 amide bonds. The van der Waals surface area contributed by atoms with Crippen LogP contribution < -0.4 is 11.1 Å². The fourth-order valence-electron chi connectivity index (χ4n) is 1.00. The van der Waals surface area contributed by atoms with Gasteiger partial charge in [0, 0.05) is 5.69 Å². The van der Waals surface area contributed by atoms with Crippen molar-refractivity contribution in [2.45, 2.75) is 20.0 Å². The Kier molecular flexibility index (Phi) is 3.49. The maximum atomic E-state index is 8.60. The van der Waals surface area contributed by atoms with Gasteiger partial charge >= 0.3 is 0 Å². The van der Waals surface area contributed by atoms with Crippen molar-refractivity contribution in [1.82, 2.24) is 0 Å². The van der Waals surface area contributed by atoms with Crippen molar-refractivity contribution >= 4 is 5.69 Å². The third kappa shape index (κ3) is 2.75. The topological polar surface area (TPSA) is 61.8 Å². The van der Waals surface area contributed by atoms with Gasteiger partial charge in [-0.15, -0.1) is 0 Å². The molecule has 1 atom stereocenters. The first kappa shape index (κ1) is 10.6. The van der Waals surface area contributed by atoms with Crippen molar-refractivity contribution in [2.24, 2.45) is 11.7 Å². The van der Waals surface area contributed by atoms with Crippen LogP contribution in [0.5, 0.6) is 0 Å². The van der Waals surface area contributed by atoms with Gasteiger partial charge in [-0.25, -0.2) is 0 Å². The summed E-state index contributed by atoms with van der Waals surface area (Å²) in [6, 6.07) is 9.34. The zero-order valence-electron chi connectivity index (χ0n) is 8.49. The maximum Gasteiger partial charge on any atom is 0.0991 e. The molecule has 0 aliphatic heterocycles. The standard InChI is InChI=1S/C11H15N3/c1-8(2)11(13)14-10-5-3-9(7-12)4-6-10/h3-6,8,11,14H,13H2,1-2H3. The first-order chi connectivity index (χ1) is 6.63. The second-order valence-corrected chi connectivity index (χ2v) is 3.60. The third-order valence-electron chi connectivity index (χ3n) is 2.07. The number of hydrogen-bond donors (Lipinski definition) is 2. The Morgan fingerprint density at radius 3 is 2.29 bits per heavy atom. The average molecular weight is 189 g/mol. The Morgan fingerprint density at radius 1 is 1.29 bits per heavy atom. The molecule has 0 aromatic heterocycles. The van der Waals surface area contributed by atoms with Gasteiger partial charge in [0.05, 0.1) is 17.8 Å². The van der Waals surface area contributed by atoms with Crippen LogP contribution in [0.3, 0.4) is 0 Å². The summed E-state index contributed by atoms with van der Waals surface area (Å²) in [5.74, 6) is 0.380. The lowest BCUT2D eigenvalue weighted by Gasteiger charge is -2.18. The van der Waals surface area contributed by atoms with Gasteiger partial charge in [-0.2, -0.15) is 5.26 Å². The Morgan fingerprint density at radius 2 is 1.86 bits per heavy atom. The first-order valence-electron chi connectivity index (χ1n) is 4.66. The lowest BCUT2D eigenvalue weighted by molar-refractivity contribution is 0.540. The molecule has 1 aromatic carbocycles. The van der Waals surface area contributed by atoms with Crippen molar-refractivity contribution in [2.75, 3.05) is 5.32 Å². The van der Waals surface area contributed by atoms with Gasteiger partial charge in [0.15, 0.2) is 0 Å². The molecule has 14 heavy (non-hydrogen) atoms. The number of nitriles is 1. The molecule has 0 saturated carbocycles. The van der Waals surface area contributed by atoms with Gasteiger partial charge in [-0.05, 0) is 30.2 Å². The monoisotopic (exact) mass is 189 g/mol. The molecule has 0 aliphatic carbocycles. The summed E-state index contributed by atoms with van der Waals surface area (Å²) in [4.78, 5) is 0. The minimum atomic E-state index is -0.0528. The Bertz CT molecular complexity index is 321. The van der Waals surface area contributed by atoms with Crippen LogP contribution in [-0.4, -0.2) is 6.17 Å². The van der Waals surface area contributed by atoms with E-state index in [1.165, 1.54) is 0 Å². The lowest BCUT2D eigenvalue weighted by Crippen LogP contribution is -2.34. The lowest BCUT2D eigenvalue weighted by atomic mass is 10.1. The van der Waals surface area contributed by atoms with Crippen LogP contribution in [0.1, 0.15) is 19.4 Å². The van der Waals surface area contributed by atoms with Gasteiger partial charge in [-0.1, -0.05) is 13.8 Å². The van der Waals surface area contributed by atoms with Crippen LogP contribution in [0.25, 0.3) is 0 Å². The van der Waals surface area contributed by atoms with E-state index >= 15 is 0 Å². The molecule has 3 heteroatoms. The van der Waals surface area contributed by atoms with E-state index in [-0.39, 0.29) is 6.17 Å². The van der Waals surface area contributed by atoms with Gasteiger partial charge in [0.2, 0.25) is 0 Å². The molecule has 0 saturated heterocycles. The van der Waals surface area contributed by atoms with E-state index in [0.29, 0.717) is 11.5 Å². The molecule has 0 aliphatic rings. The molecule has 3 nitrogen and oxygen atoms in total. The third-order valence-corrected chi connectivity index (χ3v) is 2.07. The smallest absolute Gasteiger partial charge is 0.0991 e. The maximum absolute atomic E-state index is 8.60. The summed E-state index contributed by atoms with van der Waals surface area (Å²) in [7, 11) is 0. The minimum absolute atomic E-state index is 0.0528. The second-order valence-electron chi connectivity index (χ2n) is 3.60. The van der Waals surface area contributed by atoms with Crippen molar-refractivity contribution < 1.29 is 0 Å². The SMILES string of the molecule is CC(C)C(N)Nc1ccc(C#N)cc1. The molecule has 1 aromatic rings. The molecule has 0 radical (unpaired) electrons. The van der Waals surface area contributed by atoms with E-state index in [4.69, 9.17) is 11.0 Å². The van der Waals surface area contributed by atoms with Crippen LogP contribution in [0.4, 0.5) is 5.69 Å². The molecule has 3 N–H and O–H groups in total. The summed E-state index contributed by atoms with van der Waals surface area (Å²) in [6.07, 6.45) is -0.0528. The van der Waals surface area contributed by atoms with Crippen LogP contribution in [0.15, 0.2) is 24.3 Å². The van der Waals surface area contributed by atoms with Crippen LogP contribution in [0.2, 0.25) is 0 Å². The number of nitrogens with zero attached hydrogens (tertiary/aromatic N) is 1. The van der Waals surface area contributed by atoms with Gasteiger partial charge in [-0.3, -0.25) is 0 Å². The molecule has 1 rings (SSSR count). The zero-order chi connectivity index (χ0) is 10.6. The molecular formula is C11H15N3. The quantitative estimate of drug-likeness (QED) is 0.714. The molecule has 0 fully saturated rings. The van der Waals surface area contributed by atoms with Gasteiger partial charge in [0.25, 0.3) is 0 Å². The highest BCUT2D eigenvalue weighted by molar-refractivity contribution is 5.47. The van der Waals surface area contributed by atoms with E-state index in [9.17, 15) is 0 Å². The predicted octanol–water partition coefficient (Wildman–Crippen LogP) is 1.91. The number of nitrogens with two attached hydrogens (primary N) is 1. The summed E-state index contributed by atoms with van der Waals surface area (Å²) in [5, 5.41) is 11.8. The molecule has 0 spiro atoms. The Labute approximate surface area is 84.5 Å². The van der Waals surface area contributed by atoms with Gasteiger partial charge in [0.1, 0.15) is 0 Å². The zero-order valence-corrected chi connectivity index (χ0v) is 8.49. The van der Waals surface area contributed by atoms with E-state index in [2.05, 4.69) is 25.2 Å². The second kappa shape index (κ2) is 4.64. The fourth-order valence-corrected chi connectivity index (χ4v) is 1.00. The van der Waals surface area contributed by atoms with E-state index in [1.807, 2.05) is 12.1 Å². The molecule has 0 bridgehead atoms. The summed E-state index contributed by atoms with van der Waals surface area (Å²) in [5.41, 5.74) is 7.45. The van der Waals surface area contributed by atoms with Crippen molar-refractivity contribution in [3.63, 3.8) is 0 Å². The van der Waals surface area contributed by atoms with E-state index in [1.54, 1.807) is 12.1 Å². The number of benzene rings is 1. The first-order valence-corrected chi connectivity index (χ1v) is 4.66. The van der Waals surface area contributed by atoms with Crippen molar-refractivity contribution in [3.05, 3.63) is 29.8 Å². The summed E-state index contributed by atoms with van der Waals surface area (Å²) < 4.78 is 0. The molecular weight excluding hydrogens is 174 g/mol. The number of anilines is 1. The van der Waals surface area contributed by atoms with Gasteiger partial charge < -0.3 is 11.1 Å². The summed E-state index contributed by atoms with van der Waals surface area (Å²) >= 11 is 0. The highest BCUT2D eigenvalue weighted by Gasteiger charge is 2.06. The highest BCUT2D eigenvalue weighted by Crippen LogP contribution is 2.11. The van der Waals surface area contributed by atoms with Crippen LogP contribution in [-0.2, 0) is 0 Å². The Hall–Kier alpha value is -1.53. The number of hydrogen-bond acceptors (Lipinski definition) is 3. The fraction of sp³-hybridized carbons (Fsp3) is 0.364. The van der Waals surface area contributed by atoms with Crippen LogP contribution >= 0.6 is 0 Å². The predicted molar refractivity (Wildman–Crippen MR) is 57.6 cm³/mol. The van der Waals surface area contributed by atoms with E-state index in [0.717, 1.165) is 5.69 Å². The van der Waals surface area contributed by atoms with E-state index < -0.39 is 0 Å². The number of rotatable bonds is 3. The Balaban J connectivity index is 2.65. The van der Waals surface area contributed by atoms with Crippen LogP contribution in [0, 0.1) is 17.2 Å². The molecule has 1 unspecified atom stereocenters. The van der Waals surface area contributed by atoms with Crippen molar-refractivity contribution in [3.8, 4) is 6.07 Å². The normalized spacial score (nSPS) is 12.2.